The van der Waals surface area contributed by atoms with E-state index in [0.717, 1.165) is 49.9 Å². The summed E-state index contributed by atoms with van der Waals surface area (Å²) in [6.07, 6.45) is 0.572. The second-order valence-electron chi connectivity index (χ2n) is 5.06. The summed E-state index contributed by atoms with van der Waals surface area (Å²) in [6, 6.07) is 7.60. The van der Waals surface area contributed by atoms with Gasteiger partial charge in [0.2, 0.25) is 0 Å². The van der Waals surface area contributed by atoms with Gasteiger partial charge < -0.3 is 15.5 Å². The standard InChI is InChI=1S/C16H24N4O/c1-3-20(4-2)12-9-15(21)13-5-7-14(8-6-13)19-16-17-10-11-18-16/h5-8H,3-4,9-12H2,1-2H3,(H2,17,18,19). The van der Waals surface area contributed by atoms with Crippen molar-refractivity contribution in [2.24, 2.45) is 4.99 Å². The highest BCUT2D eigenvalue weighted by Crippen LogP contribution is 2.12. The molecule has 0 bridgehead atoms. The molecule has 2 N–H and O–H groups in total. The molecule has 21 heavy (non-hydrogen) atoms. The van der Waals surface area contributed by atoms with E-state index in [1.807, 2.05) is 24.3 Å². The third-order valence-electron chi connectivity index (χ3n) is 3.69. The molecule has 0 saturated carbocycles. The maximum absolute atomic E-state index is 12.2. The fourth-order valence-electron chi connectivity index (χ4n) is 2.30. The van der Waals surface area contributed by atoms with Crippen molar-refractivity contribution >= 4 is 17.4 Å². The lowest BCUT2D eigenvalue weighted by Crippen LogP contribution is -2.26. The maximum Gasteiger partial charge on any atom is 0.195 e. The summed E-state index contributed by atoms with van der Waals surface area (Å²) in [4.78, 5) is 18.7. The second-order valence-corrected chi connectivity index (χ2v) is 5.06. The molecule has 5 nitrogen and oxygen atoms in total. The third-order valence-corrected chi connectivity index (χ3v) is 3.69. The zero-order valence-corrected chi connectivity index (χ0v) is 12.9. The summed E-state index contributed by atoms with van der Waals surface area (Å²) in [5.74, 6) is 1.00. The quantitative estimate of drug-likeness (QED) is 0.753. The number of carbonyl (C=O) groups is 1. The fourth-order valence-corrected chi connectivity index (χ4v) is 2.30. The van der Waals surface area contributed by atoms with Crippen molar-refractivity contribution in [3.05, 3.63) is 29.8 Å². The molecular formula is C16H24N4O. The Bertz CT molecular complexity index is 492. The van der Waals surface area contributed by atoms with E-state index in [9.17, 15) is 4.79 Å². The summed E-state index contributed by atoms with van der Waals surface area (Å²) in [6.45, 7) is 8.73. The monoisotopic (exact) mass is 288 g/mol. The van der Waals surface area contributed by atoms with Gasteiger partial charge in [-0.3, -0.25) is 9.79 Å². The molecular weight excluding hydrogens is 264 g/mol. The average Bonchev–Trinajstić information content (AvgIpc) is 3.02. The molecule has 0 fully saturated rings. The molecule has 0 amide bonds. The van der Waals surface area contributed by atoms with Crippen molar-refractivity contribution in [3.8, 4) is 0 Å². The molecule has 0 aromatic heterocycles. The van der Waals surface area contributed by atoms with Gasteiger partial charge in [-0.2, -0.15) is 0 Å². The van der Waals surface area contributed by atoms with E-state index < -0.39 is 0 Å². The number of guanidine groups is 1. The van der Waals surface area contributed by atoms with Gasteiger partial charge >= 0.3 is 0 Å². The Hall–Kier alpha value is -1.88. The minimum Gasteiger partial charge on any atom is -0.354 e. The number of benzene rings is 1. The molecule has 5 heteroatoms. The van der Waals surface area contributed by atoms with Crippen LogP contribution in [-0.2, 0) is 0 Å². The smallest absolute Gasteiger partial charge is 0.195 e. The highest BCUT2D eigenvalue weighted by atomic mass is 16.1. The number of aliphatic imine (C=N–C) groups is 1. The fraction of sp³-hybridized carbons (Fsp3) is 0.500. The first-order chi connectivity index (χ1) is 10.2. The Labute approximate surface area is 126 Å². The predicted octanol–water partition coefficient (Wildman–Crippen LogP) is 1.97. The number of hydrogen-bond acceptors (Lipinski definition) is 5. The molecule has 0 saturated heterocycles. The number of hydrogen-bond donors (Lipinski definition) is 2. The molecule has 1 aromatic carbocycles. The lowest BCUT2D eigenvalue weighted by Gasteiger charge is -2.17. The summed E-state index contributed by atoms with van der Waals surface area (Å²) < 4.78 is 0. The van der Waals surface area contributed by atoms with Crippen molar-refractivity contribution < 1.29 is 4.79 Å². The highest BCUT2D eigenvalue weighted by Gasteiger charge is 2.09. The molecule has 1 heterocycles. The van der Waals surface area contributed by atoms with Gasteiger partial charge in [0.05, 0.1) is 6.54 Å². The predicted molar refractivity (Wildman–Crippen MR) is 87.1 cm³/mol. The van der Waals surface area contributed by atoms with Crippen molar-refractivity contribution in [2.75, 3.05) is 38.0 Å². The van der Waals surface area contributed by atoms with Crippen molar-refractivity contribution in [3.63, 3.8) is 0 Å². The van der Waals surface area contributed by atoms with Gasteiger partial charge in [0, 0.05) is 30.8 Å². The van der Waals surface area contributed by atoms with E-state index in [1.165, 1.54) is 0 Å². The first-order valence-corrected chi connectivity index (χ1v) is 7.64. The van der Waals surface area contributed by atoms with E-state index >= 15 is 0 Å². The summed E-state index contributed by atoms with van der Waals surface area (Å²) in [7, 11) is 0. The van der Waals surface area contributed by atoms with Gasteiger partial charge in [0.25, 0.3) is 0 Å². The summed E-state index contributed by atoms with van der Waals surface area (Å²) in [5.41, 5.74) is 1.72. The van der Waals surface area contributed by atoms with Gasteiger partial charge in [0.1, 0.15) is 0 Å². The molecule has 0 atom stereocenters. The van der Waals surface area contributed by atoms with Gasteiger partial charge in [-0.1, -0.05) is 13.8 Å². The average molecular weight is 288 g/mol. The van der Waals surface area contributed by atoms with Crippen LogP contribution >= 0.6 is 0 Å². The van der Waals surface area contributed by atoms with Crippen molar-refractivity contribution in [1.82, 2.24) is 10.2 Å². The van der Waals surface area contributed by atoms with Crippen LogP contribution in [0.5, 0.6) is 0 Å². The topological polar surface area (TPSA) is 56.7 Å². The molecule has 1 aromatic rings. The second kappa shape index (κ2) is 7.78. The van der Waals surface area contributed by atoms with Crippen LogP contribution in [0.25, 0.3) is 0 Å². The Kier molecular flexibility index (Phi) is 5.75. The van der Waals surface area contributed by atoms with E-state index in [4.69, 9.17) is 0 Å². The minimum absolute atomic E-state index is 0.199. The SMILES string of the molecule is CCN(CC)CCC(=O)c1ccc(NC2=NCCN2)cc1. The lowest BCUT2D eigenvalue weighted by molar-refractivity contribution is 0.0966. The third kappa shape index (κ3) is 4.56. The normalized spacial score (nSPS) is 14.0. The van der Waals surface area contributed by atoms with Crippen LogP contribution in [0.2, 0.25) is 0 Å². The number of nitrogens with zero attached hydrogens (tertiary/aromatic N) is 2. The number of ketones is 1. The largest absolute Gasteiger partial charge is 0.354 e. The Balaban J connectivity index is 1.87. The van der Waals surface area contributed by atoms with E-state index in [2.05, 4.69) is 34.4 Å². The molecule has 2 rings (SSSR count). The number of rotatable bonds is 7. The van der Waals surface area contributed by atoms with Crippen molar-refractivity contribution in [1.29, 1.82) is 0 Å². The highest BCUT2D eigenvalue weighted by molar-refractivity contribution is 5.98. The zero-order chi connectivity index (χ0) is 15.1. The first-order valence-electron chi connectivity index (χ1n) is 7.64. The number of Topliss-reactive ketones (excluding diaryl/α,β-unsaturated/α-hetero) is 1. The van der Waals surface area contributed by atoms with Crippen LogP contribution in [0.3, 0.4) is 0 Å². The van der Waals surface area contributed by atoms with Gasteiger partial charge in [-0.15, -0.1) is 0 Å². The van der Waals surface area contributed by atoms with Crippen LogP contribution in [0.4, 0.5) is 5.69 Å². The number of nitrogens with one attached hydrogen (secondary N) is 2. The minimum atomic E-state index is 0.199. The number of carbonyl (C=O) groups excluding carboxylic acids is 1. The van der Waals surface area contributed by atoms with E-state index in [0.29, 0.717) is 6.42 Å². The van der Waals surface area contributed by atoms with E-state index in [-0.39, 0.29) is 5.78 Å². The van der Waals surface area contributed by atoms with Crippen LogP contribution in [0.15, 0.2) is 29.3 Å². The Morgan fingerprint density at radius 2 is 2.00 bits per heavy atom. The van der Waals surface area contributed by atoms with Gasteiger partial charge in [0.15, 0.2) is 11.7 Å². The molecule has 0 radical (unpaired) electrons. The molecule has 0 spiro atoms. The molecule has 1 aliphatic rings. The van der Waals surface area contributed by atoms with Crippen molar-refractivity contribution in [2.45, 2.75) is 20.3 Å². The zero-order valence-electron chi connectivity index (χ0n) is 12.9. The van der Waals surface area contributed by atoms with Crippen LogP contribution < -0.4 is 10.6 Å². The summed E-state index contributed by atoms with van der Waals surface area (Å²) >= 11 is 0. The number of anilines is 1. The molecule has 0 aliphatic carbocycles. The van der Waals surface area contributed by atoms with Crippen LogP contribution in [-0.4, -0.2) is 49.4 Å². The molecule has 1 aliphatic heterocycles. The van der Waals surface area contributed by atoms with Crippen LogP contribution in [0.1, 0.15) is 30.6 Å². The van der Waals surface area contributed by atoms with Crippen LogP contribution in [0, 0.1) is 0 Å². The lowest BCUT2D eigenvalue weighted by atomic mass is 10.1. The first kappa shape index (κ1) is 15.5. The Morgan fingerprint density at radius 3 is 2.57 bits per heavy atom. The van der Waals surface area contributed by atoms with E-state index in [1.54, 1.807) is 0 Å². The van der Waals surface area contributed by atoms with Gasteiger partial charge in [-0.05, 0) is 37.4 Å². The maximum atomic E-state index is 12.2. The molecule has 0 unspecified atom stereocenters. The Morgan fingerprint density at radius 1 is 1.29 bits per heavy atom. The summed E-state index contributed by atoms with van der Waals surface area (Å²) in [5, 5.41) is 6.35. The van der Waals surface area contributed by atoms with Gasteiger partial charge in [-0.25, -0.2) is 0 Å². The molecule has 114 valence electrons.